The smallest absolute Gasteiger partial charge is 0.231 e. The Hall–Kier alpha value is -2.64. The average Bonchev–Trinajstić information content (AvgIpc) is 3.18. The van der Waals surface area contributed by atoms with Gasteiger partial charge in [0, 0.05) is 35.6 Å². The number of ether oxygens (including phenoxy) is 2. The van der Waals surface area contributed by atoms with Crippen LogP contribution >= 0.6 is 28.1 Å². The number of anilines is 1. The minimum Gasteiger partial charge on any atom is -0.454 e. The van der Waals surface area contributed by atoms with Crippen LogP contribution in [0.5, 0.6) is 11.5 Å². The summed E-state index contributed by atoms with van der Waals surface area (Å²) in [7, 11) is 0. The molecule has 2 aromatic carbocycles. The summed E-state index contributed by atoms with van der Waals surface area (Å²) in [6, 6.07) is 17.9. The summed E-state index contributed by atoms with van der Waals surface area (Å²) in [6.45, 7) is 1.54. The van der Waals surface area contributed by atoms with Crippen molar-refractivity contribution < 1.29 is 9.47 Å². The molecule has 1 aromatic heterocycles. The van der Waals surface area contributed by atoms with Crippen molar-refractivity contribution >= 4 is 38.9 Å². The number of hydrogen-bond donors (Lipinski definition) is 1. The number of halogens is 1. The molecular weight excluding hydrogens is 438 g/mol. The number of thiocarbonyl (C=S) groups is 1. The van der Waals surface area contributed by atoms with E-state index in [1.54, 1.807) is 6.20 Å². The molecule has 0 spiro atoms. The van der Waals surface area contributed by atoms with Gasteiger partial charge < -0.3 is 19.7 Å². The van der Waals surface area contributed by atoms with Crippen molar-refractivity contribution in [3.8, 4) is 11.5 Å². The van der Waals surface area contributed by atoms with E-state index in [2.05, 4.69) is 31.1 Å². The summed E-state index contributed by atoms with van der Waals surface area (Å²) in [5.74, 6) is 1.55. The summed E-state index contributed by atoms with van der Waals surface area (Å²) < 4.78 is 11.9. The fourth-order valence-corrected chi connectivity index (χ4v) is 3.42. The third-order valence-electron chi connectivity index (χ3n) is 4.29. The second-order valence-corrected chi connectivity index (χ2v) is 7.64. The third-order valence-corrected chi connectivity index (χ3v) is 5.18. The van der Waals surface area contributed by atoms with E-state index in [0.717, 1.165) is 32.8 Å². The standard InChI is InChI=1S/C21H18BrN3O2S/c22-17-4-6-18(7-5-17)24-21(28)25(13-16-2-1-9-23-11-16)12-15-3-8-19-20(10-15)27-14-26-19/h1-11H,12-14H2,(H,24,28). The van der Waals surface area contributed by atoms with Crippen LogP contribution in [0.25, 0.3) is 0 Å². The van der Waals surface area contributed by atoms with E-state index in [9.17, 15) is 0 Å². The van der Waals surface area contributed by atoms with E-state index in [1.807, 2.05) is 60.8 Å². The lowest BCUT2D eigenvalue weighted by atomic mass is 10.1. The Balaban J connectivity index is 1.54. The quantitative estimate of drug-likeness (QED) is 0.547. The first-order chi connectivity index (χ1) is 13.7. The SMILES string of the molecule is S=C(Nc1ccc(Br)cc1)N(Cc1cccnc1)Cc1ccc2c(c1)OCO2. The van der Waals surface area contributed by atoms with Crippen LogP contribution < -0.4 is 14.8 Å². The lowest BCUT2D eigenvalue weighted by Gasteiger charge is -2.26. The first kappa shape index (κ1) is 18.7. The molecule has 0 unspecified atom stereocenters. The number of pyridine rings is 1. The van der Waals surface area contributed by atoms with E-state index in [0.29, 0.717) is 18.2 Å². The predicted octanol–water partition coefficient (Wildman–Crippen LogP) is 4.97. The molecule has 142 valence electrons. The molecule has 2 heterocycles. The Morgan fingerprint density at radius 3 is 2.61 bits per heavy atom. The van der Waals surface area contributed by atoms with Crippen LogP contribution in [-0.4, -0.2) is 21.8 Å². The molecule has 0 aliphatic carbocycles. The molecule has 1 aliphatic heterocycles. The van der Waals surface area contributed by atoms with Gasteiger partial charge in [0.25, 0.3) is 0 Å². The molecule has 1 aliphatic rings. The largest absolute Gasteiger partial charge is 0.454 e. The fraction of sp³-hybridized carbons (Fsp3) is 0.143. The van der Waals surface area contributed by atoms with Gasteiger partial charge in [0.15, 0.2) is 16.6 Å². The number of aromatic nitrogens is 1. The van der Waals surface area contributed by atoms with Gasteiger partial charge in [-0.2, -0.15) is 0 Å². The van der Waals surface area contributed by atoms with Crippen LogP contribution in [0.4, 0.5) is 5.69 Å². The number of rotatable bonds is 5. The van der Waals surface area contributed by atoms with Crippen LogP contribution in [-0.2, 0) is 13.1 Å². The van der Waals surface area contributed by atoms with Crippen molar-refractivity contribution in [3.63, 3.8) is 0 Å². The monoisotopic (exact) mass is 455 g/mol. The average molecular weight is 456 g/mol. The zero-order chi connectivity index (χ0) is 19.3. The lowest BCUT2D eigenvalue weighted by Crippen LogP contribution is -2.33. The lowest BCUT2D eigenvalue weighted by molar-refractivity contribution is 0.174. The number of nitrogens with zero attached hydrogens (tertiary/aromatic N) is 2. The van der Waals surface area contributed by atoms with Crippen LogP contribution in [0.15, 0.2) is 71.5 Å². The zero-order valence-corrected chi connectivity index (χ0v) is 17.4. The summed E-state index contributed by atoms with van der Waals surface area (Å²) >= 11 is 9.17. The summed E-state index contributed by atoms with van der Waals surface area (Å²) in [5.41, 5.74) is 3.12. The van der Waals surface area contributed by atoms with Crippen molar-refractivity contribution in [1.29, 1.82) is 0 Å². The van der Waals surface area contributed by atoms with Gasteiger partial charge in [-0.3, -0.25) is 4.98 Å². The zero-order valence-electron chi connectivity index (χ0n) is 15.0. The molecule has 1 N–H and O–H groups in total. The van der Waals surface area contributed by atoms with Crippen LogP contribution in [0.2, 0.25) is 0 Å². The highest BCUT2D eigenvalue weighted by Crippen LogP contribution is 2.33. The number of benzene rings is 2. The second-order valence-electron chi connectivity index (χ2n) is 6.34. The van der Waals surface area contributed by atoms with E-state index >= 15 is 0 Å². The highest BCUT2D eigenvalue weighted by molar-refractivity contribution is 9.10. The Labute approximate surface area is 177 Å². The highest BCUT2D eigenvalue weighted by atomic mass is 79.9. The maximum atomic E-state index is 5.71. The Kier molecular flexibility index (Phi) is 5.73. The molecule has 0 radical (unpaired) electrons. The van der Waals surface area contributed by atoms with Gasteiger partial charge in [-0.05, 0) is 65.8 Å². The van der Waals surface area contributed by atoms with Crippen LogP contribution in [0, 0.1) is 0 Å². The number of nitrogens with one attached hydrogen (secondary N) is 1. The molecule has 0 atom stereocenters. The molecule has 5 nitrogen and oxygen atoms in total. The topological polar surface area (TPSA) is 46.6 Å². The molecule has 0 bridgehead atoms. The van der Waals surface area contributed by atoms with Gasteiger partial charge in [-0.15, -0.1) is 0 Å². The molecule has 0 saturated carbocycles. The van der Waals surface area contributed by atoms with E-state index < -0.39 is 0 Å². The summed E-state index contributed by atoms with van der Waals surface area (Å²) in [6.07, 6.45) is 3.62. The Bertz CT molecular complexity index is 967. The van der Waals surface area contributed by atoms with Gasteiger partial charge in [0.2, 0.25) is 6.79 Å². The molecule has 7 heteroatoms. The van der Waals surface area contributed by atoms with Crippen LogP contribution in [0.1, 0.15) is 11.1 Å². The van der Waals surface area contributed by atoms with Crippen LogP contribution in [0.3, 0.4) is 0 Å². The number of fused-ring (bicyclic) bond motifs is 1. The third kappa shape index (κ3) is 4.61. The van der Waals surface area contributed by atoms with E-state index in [-0.39, 0.29) is 6.79 Å². The Morgan fingerprint density at radius 2 is 1.82 bits per heavy atom. The van der Waals surface area contributed by atoms with Crippen molar-refractivity contribution in [2.45, 2.75) is 13.1 Å². The number of hydrogen-bond acceptors (Lipinski definition) is 4. The molecule has 3 aromatic rings. The highest BCUT2D eigenvalue weighted by Gasteiger charge is 2.16. The van der Waals surface area contributed by atoms with E-state index in [1.165, 1.54) is 0 Å². The molecular formula is C21H18BrN3O2S. The van der Waals surface area contributed by atoms with Crippen molar-refractivity contribution in [3.05, 3.63) is 82.6 Å². The predicted molar refractivity (Wildman–Crippen MR) is 116 cm³/mol. The fourth-order valence-electron chi connectivity index (χ4n) is 2.91. The molecule has 28 heavy (non-hydrogen) atoms. The van der Waals surface area contributed by atoms with Crippen molar-refractivity contribution in [2.75, 3.05) is 12.1 Å². The van der Waals surface area contributed by atoms with Gasteiger partial charge in [-0.1, -0.05) is 28.1 Å². The summed E-state index contributed by atoms with van der Waals surface area (Å²) in [5, 5.41) is 3.96. The second kappa shape index (κ2) is 8.58. The van der Waals surface area contributed by atoms with Crippen molar-refractivity contribution in [1.82, 2.24) is 9.88 Å². The molecule has 0 saturated heterocycles. The molecule has 4 rings (SSSR count). The maximum Gasteiger partial charge on any atom is 0.231 e. The maximum absolute atomic E-state index is 5.71. The Morgan fingerprint density at radius 1 is 1.04 bits per heavy atom. The van der Waals surface area contributed by atoms with Gasteiger partial charge in [0.1, 0.15) is 0 Å². The normalized spacial score (nSPS) is 11.9. The summed E-state index contributed by atoms with van der Waals surface area (Å²) in [4.78, 5) is 6.32. The minimum absolute atomic E-state index is 0.266. The van der Waals surface area contributed by atoms with Crippen molar-refractivity contribution in [2.24, 2.45) is 0 Å². The molecule has 0 fully saturated rings. The van der Waals surface area contributed by atoms with Gasteiger partial charge >= 0.3 is 0 Å². The molecule has 0 amide bonds. The first-order valence-corrected chi connectivity index (χ1v) is 9.96. The van der Waals surface area contributed by atoms with E-state index in [4.69, 9.17) is 21.7 Å². The minimum atomic E-state index is 0.266. The van der Waals surface area contributed by atoms with Gasteiger partial charge in [0.05, 0.1) is 0 Å². The first-order valence-electron chi connectivity index (χ1n) is 8.76. The van der Waals surface area contributed by atoms with Gasteiger partial charge in [-0.25, -0.2) is 0 Å².